The molecule has 0 saturated carbocycles. The molecule has 22 heavy (non-hydrogen) atoms. The summed E-state index contributed by atoms with van der Waals surface area (Å²) in [4.78, 5) is 14.3. The average Bonchev–Trinajstić information content (AvgIpc) is 2.74. The second-order valence-electron chi connectivity index (χ2n) is 6.23. The number of nitrogens with zero attached hydrogens (tertiary/aromatic N) is 1. The molecule has 114 valence electrons. The Morgan fingerprint density at radius 3 is 2.14 bits per heavy atom. The summed E-state index contributed by atoms with van der Waals surface area (Å²) in [5.74, 6) is -0.295. The van der Waals surface area contributed by atoms with E-state index in [9.17, 15) is 9.90 Å². The molecule has 2 aromatic rings. The fourth-order valence-electron chi connectivity index (χ4n) is 3.23. The molecule has 2 unspecified atom stereocenters. The first-order chi connectivity index (χ1) is 10.5. The highest BCUT2D eigenvalue weighted by atomic mass is 16.3. The molecule has 1 amide bonds. The SMILES string of the molecule is Cc1ccc(N2C(=O)C(c3cc(C)cc(C)c3)CC2O)cc1. The van der Waals surface area contributed by atoms with E-state index in [1.54, 1.807) is 0 Å². The van der Waals surface area contributed by atoms with Crippen LogP contribution in [-0.2, 0) is 4.79 Å². The molecule has 0 aliphatic carbocycles. The molecule has 0 aromatic heterocycles. The van der Waals surface area contributed by atoms with E-state index in [4.69, 9.17) is 0 Å². The molecule has 1 fully saturated rings. The Balaban J connectivity index is 1.94. The van der Waals surface area contributed by atoms with E-state index in [0.29, 0.717) is 6.42 Å². The first kappa shape index (κ1) is 14.8. The van der Waals surface area contributed by atoms with Crippen LogP contribution in [0.25, 0.3) is 0 Å². The Morgan fingerprint density at radius 1 is 0.955 bits per heavy atom. The lowest BCUT2D eigenvalue weighted by molar-refractivity contribution is -0.118. The van der Waals surface area contributed by atoms with Crippen molar-refractivity contribution in [3.8, 4) is 0 Å². The maximum absolute atomic E-state index is 12.8. The van der Waals surface area contributed by atoms with Gasteiger partial charge in [0.05, 0.1) is 5.92 Å². The van der Waals surface area contributed by atoms with Gasteiger partial charge >= 0.3 is 0 Å². The number of hydrogen-bond donors (Lipinski definition) is 1. The van der Waals surface area contributed by atoms with Crippen molar-refractivity contribution < 1.29 is 9.90 Å². The van der Waals surface area contributed by atoms with Crippen molar-refractivity contribution in [3.05, 3.63) is 64.7 Å². The largest absolute Gasteiger partial charge is 0.373 e. The molecule has 3 heteroatoms. The van der Waals surface area contributed by atoms with Crippen LogP contribution < -0.4 is 4.90 Å². The molecule has 1 saturated heterocycles. The molecular formula is C19H21NO2. The number of benzene rings is 2. The Labute approximate surface area is 131 Å². The zero-order valence-electron chi connectivity index (χ0n) is 13.2. The van der Waals surface area contributed by atoms with Crippen molar-refractivity contribution in [3.63, 3.8) is 0 Å². The molecule has 0 bridgehead atoms. The van der Waals surface area contributed by atoms with E-state index in [0.717, 1.165) is 27.9 Å². The quantitative estimate of drug-likeness (QED) is 0.922. The second kappa shape index (κ2) is 5.58. The maximum Gasteiger partial charge on any atom is 0.236 e. The lowest BCUT2D eigenvalue weighted by atomic mass is 9.94. The molecule has 1 aliphatic heterocycles. The van der Waals surface area contributed by atoms with E-state index < -0.39 is 6.23 Å². The van der Waals surface area contributed by atoms with E-state index in [1.807, 2.05) is 57.2 Å². The van der Waals surface area contributed by atoms with Gasteiger partial charge in [-0.3, -0.25) is 9.69 Å². The minimum Gasteiger partial charge on any atom is -0.373 e. The molecule has 1 aliphatic rings. The van der Waals surface area contributed by atoms with Crippen molar-refractivity contribution in [2.75, 3.05) is 4.90 Å². The van der Waals surface area contributed by atoms with Crippen LogP contribution in [0.2, 0.25) is 0 Å². The van der Waals surface area contributed by atoms with Crippen LogP contribution in [0.5, 0.6) is 0 Å². The number of hydrogen-bond acceptors (Lipinski definition) is 2. The number of aryl methyl sites for hydroxylation is 3. The van der Waals surface area contributed by atoms with E-state index in [2.05, 4.69) is 6.07 Å². The molecule has 2 aromatic carbocycles. The third-order valence-electron chi connectivity index (χ3n) is 4.24. The number of amides is 1. The normalized spacial score (nSPS) is 21.5. The number of rotatable bonds is 2. The molecule has 3 nitrogen and oxygen atoms in total. The first-order valence-electron chi connectivity index (χ1n) is 7.62. The minimum atomic E-state index is -0.763. The molecule has 0 spiro atoms. The summed E-state index contributed by atoms with van der Waals surface area (Å²) in [5.41, 5.74) is 5.18. The topological polar surface area (TPSA) is 40.5 Å². The number of anilines is 1. The molecule has 0 radical (unpaired) electrons. The van der Waals surface area contributed by atoms with Gasteiger partial charge in [0.15, 0.2) is 0 Å². The first-order valence-corrected chi connectivity index (χ1v) is 7.62. The summed E-state index contributed by atoms with van der Waals surface area (Å²) >= 11 is 0. The van der Waals surface area contributed by atoms with Gasteiger partial charge in [0, 0.05) is 12.1 Å². The Morgan fingerprint density at radius 2 is 1.55 bits per heavy atom. The highest BCUT2D eigenvalue weighted by Gasteiger charge is 2.40. The van der Waals surface area contributed by atoms with Crippen molar-refractivity contribution in [1.82, 2.24) is 0 Å². The van der Waals surface area contributed by atoms with Gasteiger partial charge < -0.3 is 5.11 Å². The third kappa shape index (κ3) is 2.64. The highest BCUT2D eigenvalue weighted by Crippen LogP contribution is 2.36. The van der Waals surface area contributed by atoms with Crippen LogP contribution in [-0.4, -0.2) is 17.2 Å². The third-order valence-corrected chi connectivity index (χ3v) is 4.24. The monoisotopic (exact) mass is 295 g/mol. The average molecular weight is 295 g/mol. The van der Waals surface area contributed by atoms with Crippen molar-refractivity contribution in [2.45, 2.75) is 39.3 Å². The Bertz CT molecular complexity index is 686. The predicted molar refractivity (Wildman–Crippen MR) is 87.9 cm³/mol. The van der Waals surface area contributed by atoms with Crippen molar-refractivity contribution in [2.24, 2.45) is 0 Å². The van der Waals surface area contributed by atoms with Gasteiger partial charge in [-0.25, -0.2) is 0 Å². The second-order valence-corrected chi connectivity index (χ2v) is 6.23. The van der Waals surface area contributed by atoms with Crippen molar-refractivity contribution in [1.29, 1.82) is 0 Å². The van der Waals surface area contributed by atoms with Crippen LogP contribution in [0, 0.1) is 20.8 Å². The fraction of sp³-hybridized carbons (Fsp3) is 0.316. The Kier molecular flexibility index (Phi) is 3.75. The Hall–Kier alpha value is -2.13. The van der Waals surface area contributed by atoms with Gasteiger partial charge in [0.25, 0.3) is 0 Å². The van der Waals surface area contributed by atoms with Gasteiger partial charge in [-0.15, -0.1) is 0 Å². The van der Waals surface area contributed by atoms with Gasteiger partial charge in [0.1, 0.15) is 6.23 Å². The van der Waals surface area contributed by atoms with E-state index in [1.165, 1.54) is 4.90 Å². The molecule has 2 atom stereocenters. The zero-order valence-corrected chi connectivity index (χ0v) is 13.2. The molecule has 1 N–H and O–H groups in total. The summed E-state index contributed by atoms with van der Waals surface area (Å²) < 4.78 is 0. The lowest BCUT2D eigenvalue weighted by Crippen LogP contribution is -2.33. The zero-order chi connectivity index (χ0) is 15.9. The van der Waals surface area contributed by atoms with Gasteiger partial charge in [-0.05, 0) is 38.5 Å². The minimum absolute atomic E-state index is 0.0265. The lowest BCUT2D eigenvalue weighted by Gasteiger charge is -2.21. The van der Waals surface area contributed by atoms with Crippen LogP contribution in [0.1, 0.15) is 34.6 Å². The number of aliphatic hydroxyl groups excluding tert-OH is 1. The van der Waals surface area contributed by atoms with Gasteiger partial charge in [-0.1, -0.05) is 47.0 Å². The van der Waals surface area contributed by atoms with Crippen LogP contribution >= 0.6 is 0 Å². The number of aliphatic hydroxyl groups is 1. The van der Waals surface area contributed by atoms with Crippen molar-refractivity contribution >= 4 is 11.6 Å². The summed E-state index contributed by atoms with van der Waals surface area (Å²) in [6, 6.07) is 13.9. The van der Waals surface area contributed by atoms with E-state index in [-0.39, 0.29) is 11.8 Å². The summed E-state index contributed by atoms with van der Waals surface area (Å²) in [5, 5.41) is 10.4. The van der Waals surface area contributed by atoms with E-state index >= 15 is 0 Å². The molecule has 3 rings (SSSR count). The van der Waals surface area contributed by atoms with Crippen LogP contribution in [0.3, 0.4) is 0 Å². The molecular weight excluding hydrogens is 274 g/mol. The summed E-state index contributed by atoms with van der Waals surface area (Å²) in [6.45, 7) is 6.07. The number of carbonyl (C=O) groups excluding carboxylic acids is 1. The standard InChI is InChI=1S/C19H21NO2/c1-12-4-6-16(7-5-12)20-18(21)11-17(19(20)22)15-9-13(2)8-14(3)10-15/h4-10,17-18,21H,11H2,1-3H3. The maximum atomic E-state index is 12.8. The van der Waals surface area contributed by atoms with Crippen LogP contribution in [0.15, 0.2) is 42.5 Å². The predicted octanol–water partition coefficient (Wildman–Crippen LogP) is 3.45. The van der Waals surface area contributed by atoms with Crippen LogP contribution in [0.4, 0.5) is 5.69 Å². The summed E-state index contributed by atoms with van der Waals surface area (Å²) in [7, 11) is 0. The fourth-order valence-corrected chi connectivity index (χ4v) is 3.23. The number of carbonyl (C=O) groups is 1. The summed E-state index contributed by atoms with van der Waals surface area (Å²) in [6.07, 6.45) is -0.323. The van der Waals surface area contributed by atoms with Gasteiger partial charge in [-0.2, -0.15) is 0 Å². The highest BCUT2D eigenvalue weighted by molar-refractivity contribution is 6.00. The van der Waals surface area contributed by atoms with Gasteiger partial charge in [0.2, 0.25) is 5.91 Å². The smallest absolute Gasteiger partial charge is 0.236 e. The molecule has 1 heterocycles.